The van der Waals surface area contributed by atoms with Gasteiger partial charge in [0.15, 0.2) is 5.58 Å². The zero-order valence-electron chi connectivity index (χ0n) is 10.1. The fourth-order valence-corrected chi connectivity index (χ4v) is 3.06. The van der Waals surface area contributed by atoms with E-state index in [1.165, 1.54) is 0 Å². The van der Waals surface area contributed by atoms with Crippen LogP contribution in [0.3, 0.4) is 0 Å². The minimum absolute atomic E-state index is 0.665. The van der Waals surface area contributed by atoms with E-state index in [1.807, 2.05) is 18.2 Å². The molecular weight excluding hydrogens is 230 g/mol. The molecule has 0 spiro atoms. The SMILES string of the molecule is O=C(O)C1(c2cccc3oncc23)CCCCC1. The first-order valence-corrected chi connectivity index (χ1v) is 6.31. The number of carboxylic acids is 1. The minimum Gasteiger partial charge on any atom is -0.481 e. The smallest absolute Gasteiger partial charge is 0.314 e. The van der Waals surface area contributed by atoms with E-state index < -0.39 is 11.4 Å². The molecule has 4 heteroatoms. The van der Waals surface area contributed by atoms with Crippen molar-refractivity contribution in [3.05, 3.63) is 30.0 Å². The van der Waals surface area contributed by atoms with Crippen molar-refractivity contribution in [1.82, 2.24) is 5.16 Å². The maximum atomic E-state index is 11.8. The van der Waals surface area contributed by atoms with E-state index in [9.17, 15) is 9.90 Å². The Morgan fingerprint density at radius 2 is 2.06 bits per heavy atom. The second kappa shape index (κ2) is 4.12. The van der Waals surface area contributed by atoms with Gasteiger partial charge in [0.05, 0.1) is 11.6 Å². The van der Waals surface area contributed by atoms with Crippen molar-refractivity contribution >= 4 is 16.9 Å². The molecule has 1 aromatic heterocycles. The first-order valence-electron chi connectivity index (χ1n) is 6.31. The Kier molecular flexibility index (Phi) is 2.58. The third kappa shape index (κ3) is 1.52. The second-order valence-electron chi connectivity index (χ2n) is 4.99. The molecule has 1 heterocycles. The molecule has 4 nitrogen and oxygen atoms in total. The molecule has 0 bridgehead atoms. The molecule has 18 heavy (non-hydrogen) atoms. The highest BCUT2D eigenvalue weighted by Crippen LogP contribution is 2.42. The van der Waals surface area contributed by atoms with Gasteiger partial charge in [-0.25, -0.2) is 0 Å². The predicted molar refractivity (Wildman–Crippen MR) is 66.4 cm³/mol. The van der Waals surface area contributed by atoms with Gasteiger partial charge in [-0.3, -0.25) is 4.79 Å². The van der Waals surface area contributed by atoms with E-state index in [-0.39, 0.29) is 0 Å². The third-order valence-electron chi connectivity index (χ3n) is 4.03. The molecule has 0 unspecified atom stereocenters. The van der Waals surface area contributed by atoms with Crippen LogP contribution in [0.1, 0.15) is 37.7 Å². The number of hydrogen-bond acceptors (Lipinski definition) is 3. The molecule has 0 amide bonds. The molecule has 0 radical (unpaired) electrons. The topological polar surface area (TPSA) is 63.3 Å². The highest BCUT2D eigenvalue weighted by Gasteiger charge is 2.42. The Morgan fingerprint density at radius 1 is 1.28 bits per heavy atom. The number of hydrogen-bond donors (Lipinski definition) is 1. The standard InChI is InChI=1S/C14H15NO3/c16-13(17)14(7-2-1-3-8-14)11-5-4-6-12-10(11)9-15-18-12/h4-6,9H,1-3,7-8H2,(H,16,17). The van der Waals surface area contributed by atoms with Gasteiger partial charge in [-0.05, 0) is 24.5 Å². The summed E-state index contributed by atoms with van der Waals surface area (Å²) in [6, 6.07) is 5.57. The molecule has 1 aliphatic rings. The summed E-state index contributed by atoms with van der Waals surface area (Å²) in [4.78, 5) is 11.8. The second-order valence-corrected chi connectivity index (χ2v) is 4.99. The Labute approximate surface area is 105 Å². The molecule has 3 rings (SSSR count). The van der Waals surface area contributed by atoms with Crippen LogP contribution in [0.25, 0.3) is 11.0 Å². The van der Waals surface area contributed by atoms with Gasteiger partial charge in [-0.1, -0.05) is 36.6 Å². The summed E-state index contributed by atoms with van der Waals surface area (Å²) in [5, 5.41) is 14.3. The fourth-order valence-electron chi connectivity index (χ4n) is 3.06. The lowest BCUT2D eigenvalue weighted by molar-refractivity contribution is -0.145. The van der Waals surface area contributed by atoms with Crippen molar-refractivity contribution in [1.29, 1.82) is 0 Å². The Bertz CT molecular complexity index is 581. The zero-order valence-corrected chi connectivity index (χ0v) is 10.1. The lowest BCUT2D eigenvalue weighted by Crippen LogP contribution is -2.37. The van der Waals surface area contributed by atoms with Crippen LogP contribution < -0.4 is 0 Å². The van der Waals surface area contributed by atoms with Crippen molar-refractivity contribution in [3.63, 3.8) is 0 Å². The van der Waals surface area contributed by atoms with E-state index in [0.717, 1.165) is 30.2 Å². The fraction of sp³-hybridized carbons (Fsp3) is 0.429. The molecule has 0 atom stereocenters. The van der Waals surface area contributed by atoms with E-state index in [0.29, 0.717) is 18.4 Å². The highest BCUT2D eigenvalue weighted by atomic mass is 16.5. The summed E-state index contributed by atoms with van der Waals surface area (Å²) in [6.45, 7) is 0. The summed E-state index contributed by atoms with van der Waals surface area (Å²) in [5.41, 5.74) is 0.760. The summed E-state index contributed by atoms with van der Waals surface area (Å²) in [7, 11) is 0. The monoisotopic (exact) mass is 245 g/mol. The number of carbonyl (C=O) groups is 1. The molecule has 1 aliphatic carbocycles. The third-order valence-corrected chi connectivity index (χ3v) is 4.03. The van der Waals surface area contributed by atoms with E-state index in [2.05, 4.69) is 5.16 Å². The molecule has 94 valence electrons. The van der Waals surface area contributed by atoms with Gasteiger partial charge in [0.25, 0.3) is 0 Å². The maximum absolute atomic E-state index is 11.8. The van der Waals surface area contributed by atoms with Crippen molar-refractivity contribution < 1.29 is 14.4 Å². The van der Waals surface area contributed by atoms with Crippen LogP contribution in [0.2, 0.25) is 0 Å². The van der Waals surface area contributed by atoms with Gasteiger partial charge < -0.3 is 9.63 Å². The number of carboxylic acid groups (broad SMARTS) is 1. The lowest BCUT2D eigenvalue weighted by atomic mass is 9.68. The van der Waals surface area contributed by atoms with E-state index in [4.69, 9.17) is 4.52 Å². The zero-order chi connectivity index (χ0) is 12.6. The van der Waals surface area contributed by atoms with Crippen LogP contribution in [-0.2, 0) is 10.2 Å². The molecule has 1 saturated carbocycles. The molecule has 0 saturated heterocycles. The lowest BCUT2D eigenvalue weighted by Gasteiger charge is -2.33. The van der Waals surface area contributed by atoms with Crippen LogP contribution >= 0.6 is 0 Å². The molecule has 1 fully saturated rings. The van der Waals surface area contributed by atoms with Gasteiger partial charge in [-0.2, -0.15) is 0 Å². The number of aromatic nitrogens is 1. The van der Waals surface area contributed by atoms with Gasteiger partial charge in [0, 0.05) is 5.39 Å². The number of fused-ring (bicyclic) bond motifs is 1. The van der Waals surface area contributed by atoms with Crippen LogP contribution in [0.15, 0.2) is 28.9 Å². The average molecular weight is 245 g/mol. The number of benzene rings is 1. The number of rotatable bonds is 2. The van der Waals surface area contributed by atoms with E-state index >= 15 is 0 Å². The Balaban J connectivity index is 2.20. The molecule has 0 aliphatic heterocycles. The van der Waals surface area contributed by atoms with Crippen LogP contribution in [0.4, 0.5) is 0 Å². The largest absolute Gasteiger partial charge is 0.481 e. The van der Waals surface area contributed by atoms with Crippen LogP contribution in [0, 0.1) is 0 Å². The Hall–Kier alpha value is -1.84. The van der Waals surface area contributed by atoms with Crippen LogP contribution in [0.5, 0.6) is 0 Å². The first kappa shape index (κ1) is 11.3. The molecule has 1 aromatic carbocycles. The number of nitrogens with zero attached hydrogens (tertiary/aromatic N) is 1. The average Bonchev–Trinajstić information content (AvgIpc) is 2.87. The van der Waals surface area contributed by atoms with Gasteiger partial charge in [-0.15, -0.1) is 0 Å². The quantitative estimate of drug-likeness (QED) is 0.882. The molecule has 1 N–H and O–H groups in total. The van der Waals surface area contributed by atoms with Gasteiger partial charge >= 0.3 is 5.97 Å². The normalized spacial score (nSPS) is 18.9. The summed E-state index contributed by atoms with van der Waals surface area (Å²) < 4.78 is 5.13. The predicted octanol–water partition coefficient (Wildman–Crippen LogP) is 3.11. The van der Waals surface area contributed by atoms with Crippen molar-refractivity contribution in [2.24, 2.45) is 0 Å². The van der Waals surface area contributed by atoms with Crippen molar-refractivity contribution in [3.8, 4) is 0 Å². The highest BCUT2D eigenvalue weighted by molar-refractivity contribution is 5.90. The van der Waals surface area contributed by atoms with E-state index in [1.54, 1.807) is 6.20 Å². The maximum Gasteiger partial charge on any atom is 0.314 e. The molecular formula is C14H15NO3. The molecule has 2 aromatic rings. The minimum atomic E-state index is -0.761. The van der Waals surface area contributed by atoms with Crippen molar-refractivity contribution in [2.45, 2.75) is 37.5 Å². The van der Waals surface area contributed by atoms with Gasteiger partial charge in [0.1, 0.15) is 0 Å². The number of aliphatic carboxylic acids is 1. The first-order chi connectivity index (χ1) is 8.74. The summed E-state index contributed by atoms with van der Waals surface area (Å²) in [5.74, 6) is -0.726. The summed E-state index contributed by atoms with van der Waals surface area (Å²) in [6.07, 6.45) is 6.08. The summed E-state index contributed by atoms with van der Waals surface area (Å²) >= 11 is 0. The van der Waals surface area contributed by atoms with Crippen molar-refractivity contribution in [2.75, 3.05) is 0 Å². The van der Waals surface area contributed by atoms with Gasteiger partial charge in [0.2, 0.25) is 0 Å². The van der Waals surface area contributed by atoms with Crippen LogP contribution in [-0.4, -0.2) is 16.2 Å². The Morgan fingerprint density at radius 3 is 2.78 bits per heavy atom.